The molecule has 35 heavy (non-hydrogen) atoms. The van der Waals surface area contributed by atoms with E-state index in [0.717, 1.165) is 0 Å². The zero-order valence-corrected chi connectivity index (χ0v) is 20.1. The molecule has 0 radical (unpaired) electrons. The molecule has 1 atom stereocenters. The lowest BCUT2D eigenvalue weighted by molar-refractivity contribution is -0.384. The van der Waals surface area contributed by atoms with Crippen LogP contribution in [0.25, 0.3) is 0 Å². The molecule has 2 aromatic rings. The van der Waals surface area contributed by atoms with Crippen molar-refractivity contribution in [2.24, 2.45) is 0 Å². The molecular weight excluding hydrogens is 534 g/mol. The van der Waals surface area contributed by atoms with Gasteiger partial charge < -0.3 is 19.6 Å². The van der Waals surface area contributed by atoms with E-state index >= 15 is 0 Å². The molecule has 2 aliphatic heterocycles. The van der Waals surface area contributed by atoms with Gasteiger partial charge in [-0.25, -0.2) is 13.6 Å². The second-order valence-corrected chi connectivity index (χ2v) is 9.40. The number of nitrogens with one attached hydrogen (secondary N) is 2. The highest BCUT2D eigenvalue weighted by molar-refractivity contribution is 9.10. The van der Waals surface area contributed by atoms with Gasteiger partial charge in [-0.15, -0.1) is 0 Å². The summed E-state index contributed by atoms with van der Waals surface area (Å²) in [7, 11) is 0. The Morgan fingerprint density at radius 2 is 1.97 bits per heavy atom. The van der Waals surface area contributed by atoms with Crippen molar-refractivity contribution < 1.29 is 27.8 Å². The fraction of sp³-hybridized carbons (Fsp3) is 0.476. The molecule has 14 heteroatoms. The quantitative estimate of drug-likeness (QED) is 0.413. The van der Waals surface area contributed by atoms with Crippen LogP contribution in [-0.2, 0) is 0 Å². The van der Waals surface area contributed by atoms with Crippen LogP contribution in [0.5, 0.6) is 0 Å². The first-order valence-corrected chi connectivity index (χ1v) is 11.8. The summed E-state index contributed by atoms with van der Waals surface area (Å²) in [4.78, 5) is 39.9. The number of nitro benzene ring substituents is 1. The normalized spacial score (nSPS) is 19.8. The average Bonchev–Trinajstić information content (AvgIpc) is 3.32. The van der Waals surface area contributed by atoms with Crippen LogP contribution in [0.3, 0.4) is 0 Å². The molecule has 2 aliphatic rings. The van der Waals surface area contributed by atoms with Gasteiger partial charge >= 0.3 is 6.03 Å². The largest absolute Gasteiger partial charge is 0.374 e. The summed E-state index contributed by atoms with van der Waals surface area (Å²) in [5, 5.41) is 21.0. The first-order chi connectivity index (χ1) is 16.6. The molecule has 0 aliphatic carbocycles. The molecule has 4 rings (SSSR count). The Labute approximate surface area is 207 Å². The second-order valence-electron chi connectivity index (χ2n) is 8.49. The van der Waals surface area contributed by atoms with E-state index in [1.54, 1.807) is 0 Å². The van der Waals surface area contributed by atoms with E-state index in [-0.39, 0.29) is 48.5 Å². The third-order valence-corrected chi connectivity index (χ3v) is 6.47. The van der Waals surface area contributed by atoms with Gasteiger partial charge in [-0.1, -0.05) is 21.1 Å². The summed E-state index contributed by atoms with van der Waals surface area (Å²) in [6.07, 6.45) is 1.69. The van der Waals surface area contributed by atoms with Gasteiger partial charge in [0.05, 0.1) is 16.7 Å². The molecular formula is C21H23BrF2N6O5. The van der Waals surface area contributed by atoms with Crippen molar-refractivity contribution in [3.63, 3.8) is 0 Å². The van der Waals surface area contributed by atoms with Crippen LogP contribution in [0, 0.1) is 10.1 Å². The number of nitro groups is 1. The second kappa shape index (κ2) is 10.1. The minimum atomic E-state index is -2.83. The lowest BCUT2D eigenvalue weighted by Gasteiger charge is -2.34. The van der Waals surface area contributed by atoms with Crippen LogP contribution in [0.2, 0.25) is 0 Å². The van der Waals surface area contributed by atoms with Crippen molar-refractivity contribution in [1.29, 1.82) is 0 Å². The van der Waals surface area contributed by atoms with Crippen LogP contribution in [-0.4, -0.2) is 70.0 Å². The van der Waals surface area contributed by atoms with E-state index in [4.69, 9.17) is 4.52 Å². The van der Waals surface area contributed by atoms with Crippen molar-refractivity contribution in [1.82, 2.24) is 15.0 Å². The summed E-state index contributed by atoms with van der Waals surface area (Å²) in [5.74, 6) is -3.21. The number of carbonyl (C=O) groups is 2. The standard InChI is InChI=1S/C21H23BrF2N6O5/c22-13-10-15(19(31)28-8-4-21(23,24)5-9-28)18(16(11-13)30(33)34)26-14-2-1-7-29(12-14)20(32)27-17-3-6-25-35-17/h3,6,10-11,14,26H,1-2,4-5,7-9,12H2,(H,27,32)/t14-/m1/s1. The Bertz CT molecular complexity index is 1110. The number of piperidine rings is 2. The molecule has 0 bridgehead atoms. The van der Waals surface area contributed by atoms with E-state index in [9.17, 15) is 28.5 Å². The van der Waals surface area contributed by atoms with Gasteiger partial charge in [0.25, 0.3) is 17.5 Å². The van der Waals surface area contributed by atoms with Gasteiger partial charge in [0.2, 0.25) is 5.88 Å². The maximum Gasteiger partial charge on any atom is 0.324 e. The predicted octanol–water partition coefficient (Wildman–Crippen LogP) is 4.33. The number of amides is 3. The highest BCUT2D eigenvalue weighted by Gasteiger charge is 2.37. The molecule has 2 N–H and O–H groups in total. The van der Waals surface area contributed by atoms with Crippen molar-refractivity contribution in [3.05, 3.63) is 44.5 Å². The van der Waals surface area contributed by atoms with E-state index in [1.807, 2.05) is 0 Å². The monoisotopic (exact) mass is 556 g/mol. The number of aromatic nitrogens is 1. The number of likely N-dealkylation sites (tertiary alicyclic amines) is 2. The summed E-state index contributed by atoms with van der Waals surface area (Å²) < 4.78 is 32.4. The highest BCUT2D eigenvalue weighted by atomic mass is 79.9. The summed E-state index contributed by atoms with van der Waals surface area (Å²) >= 11 is 3.21. The first kappa shape index (κ1) is 24.8. The van der Waals surface area contributed by atoms with Gasteiger partial charge in [-0.2, -0.15) is 0 Å². The molecule has 0 spiro atoms. The van der Waals surface area contributed by atoms with Crippen molar-refractivity contribution in [2.45, 2.75) is 37.6 Å². The fourth-order valence-corrected chi connectivity index (χ4v) is 4.66. The van der Waals surface area contributed by atoms with Gasteiger partial charge in [0.1, 0.15) is 5.69 Å². The van der Waals surface area contributed by atoms with E-state index < -0.39 is 35.6 Å². The SMILES string of the molecule is O=C(Nc1ccno1)N1CCC[C@@H](Nc2c(C(=O)N3CCC(F)(F)CC3)cc(Br)cc2[N+](=O)[O-])C1. The number of alkyl halides is 2. The third-order valence-electron chi connectivity index (χ3n) is 6.02. The van der Waals surface area contributed by atoms with Gasteiger partial charge in [-0.3, -0.25) is 20.2 Å². The molecule has 3 heterocycles. The van der Waals surface area contributed by atoms with Crippen molar-refractivity contribution in [2.75, 3.05) is 36.8 Å². The molecule has 11 nitrogen and oxygen atoms in total. The number of urea groups is 1. The molecule has 1 aromatic carbocycles. The predicted molar refractivity (Wildman–Crippen MR) is 125 cm³/mol. The van der Waals surface area contributed by atoms with Gasteiger partial charge in [-0.05, 0) is 18.9 Å². The molecule has 1 aromatic heterocycles. The van der Waals surface area contributed by atoms with Gasteiger partial charge in [0.15, 0.2) is 0 Å². The molecule has 188 valence electrons. The van der Waals surface area contributed by atoms with Crippen LogP contribution < -0.4 is 10.6 Å². The Morgan fingerprint density at radius 3 is 2.63 bits per heavy atom. The number of hydrogen-bond donors (Lipinski definition) is 2. The van der Waals surface area contributed by atoms with Crippen molar-refractivity contribution in [3.8, 4) is 0 Å². The van der Waals surface area contributed by atoms with Crippen molar-refractivity contribution >= 4 is 45.1 Å². The Balaban J connectivity index is 1.55. The van der Waals surface area contributed by atoms with Crippen LogP contribution in [0.4, 0.5) is 30.8 Å². The lowest BCUT2D eigenvalue weighted by Crippen LogP contribution is -2.47. The molecule has 0 saturated carbocycles. The average molecular weight is 557 g/mol. The maximum absolute atomic E-state index is 13.6. The maximum atomic E-state index is 13.6. The summed E-state index contributed by atoms with van der Waals surface area (Å²) in [5.41, 5.74) is -0.309. The number of hydrogen-bond acceptors (Lipinski definition) is 7. The fourth-order valence-electron chi connectivity index (χ4n) is 4.21. The zero-order valence-electron chi connectivity index (χ0n) is 18.5. The van der Waals surface area contributed by atoms with E-state index in [2.05, 4.69) is 31.7 Å². The smallest absolute Gasteiger partial charge is 0.324 e. The zero-order chi connectivity index (χ0) is 25.2. The number of halogens is 3. The van der Waals surface area contributed by atoms with Crippen LogP contribution in [0.1, 0.15) is 36.0 Å². The number of anilines is 2. The lowest BCUT2D eigenvalue weighted by atomic mass is 10.0. The molecule has 2 fully saturated rings. The van der Waals surface area contributed by atoms with Crippen LogP contribution >= 0.6 is 15.9 Å². The van der Waals surface area contributed by atoms with Crippen LogP contribution in [0.15, 0.2) is 33.4 Å². The Morgan fingerprint density at radius 1 is 1.23 bits per heavy atom. The first-order valence-electron chi connectivity index (χ1n) is 11.0. The Kier molecular flexibility index (Phi) is 7.19. The Hall–Kier alpha value is -3.29. The highest BCUT2D eigenvalue weighted by Crippen LogP contribution is 2.36. The minimum absolute atomic E-state index is 0.00280. The number of rotatable bonds is 5. The number of carbonyl (C=O) groups excluding carboxylic acids is 2. The summed E-state index contributed by atoms with van der Waals surface area (Å²) in [6.45, 7) is 0.389. The third kappa shape index (κ3) is 5.86. The molecule has 0 unspecified atom stereocenters. The van der Waals surface area contributed by atoms with Gasteiger partial charge in [0, 0.05) is 61.7 Å². The van der Waals surface area contributed by atoms with E-state index in [1.165, 1.54) is 34.2 Å². The minimum Gasteiger partial charge on any atom is -0.374 e. The van der Waals surface area contributed by atoms with E-state index in [0.29, 0.717) is 23.9 Å². The number of nitrogens with zero attached hydrogens (tertiary/aromatic N) is 4. The summed E-state index contributed by atoms with van der Waals surface area (Å²) in [6, 6.07) is 3.42. The molecule has 2 saturated heterocycles. The molecule has 3 amide bonds. The number of benzene rings is 1. The topological polar surface area (TPSA) is 134 Å².